The number of aromatic amines is 1. The number of benzene rings is 2. The molecule has 1 atom stereocenters. The molecule has 1 unspecified atom stereocenters. The predicted octanol–water partition coefficient (Wildman–Crippen LogP) is 4.76. The lowest BCUT2D eigenvalue weighted by Crippen LogP contribution is -2.39. The zero-order chi connectivity index (χ0) is 18.5. The van der Waals surface area contributed by atoms with E-state index in [1.54, 1.807) is 0 Å². The highest BCUT2D eigenvalue weighted by Crippen LogP contribution is 2.31. The predicted molar refractivity (Wildman–Crippen MR) is 107 cm³/mol. The molecule has 1 fully saturated rings. The topological polar surface area (TPSA) is 49.0 Å². The van der Waals surface area contributed by atoms with E-state index < -0.39 is 0 Å². The number of hydrogen-bond donors (Lipinski definition) is 1. The van der Waals surface area contributed by atoms with Crippen molar-refractivity contribution in [2.24, 2.45) is 0 Å². The number of carbonyl (C=O) groups excluding carboxylic acids is 1. The Morgan fingerprint density at radius 1 is 1.04 bits per heavy atom. The molecule has 1 aliphatic heterocycles. The molecule has 0 radical (unpaired) electrons. The standard InChI is InChI=1S/C23H25N3O/c27-22(15-14-18-9-3-1-4-10-18)26-16-8-7-13-21(26)23-24-17-20(25-23)19-11-5-2-6-12-19/h1-6,9-12,17,21H,7-8,13-16H2,(H,24,25). The maximum atomic E-state index is 12.9. The van der Waals surface area contributed by atoms with Gasteiger partial charge in [0.05, 0.1) is 17.9 Å². The average molecular weight is 359 g/mol. The number of aryl methyl sites for hydroxylation is 1. The minimum atomic E-state index is 0.0551. The van der Waals surface area contributed by atoms with Crippen LogP contribution in [0.25, 0.3) is 11.3 Å². The second kappa shape index (κ2) is 8.21. The molecule has 1 N–H and O–H groups in total. The monoisotopic (exact) mass is 359 g/mol. The molecular formula is C23H25N3O. The zero-order valence-electron chi connectivity index (χ0n) is 15.5. The van der Waals surface area contributed by atoms with Gasteiger partial charge in [0.2, 0.25) is 5.91 Å². The van der Waals surface area contributed by atoms with Crippen molar-refractivity contribution in [2.75, 3.05) is 6.54 Å². The van der Waals surface area contributed by atoms with E-state index in [1.165, 1.54) is 5.56 Å². The van der Waals surface area contributed by atoms with Gasteiger partial charge < -0.3 is 9.88 Å². The van der Waals surface area contributed by atoms with Crippen molar-refractivity contribution in [3.63, 3.8) is 0 Å². The number of amides is 1. The SMILES string of the molecule is O=C(CCc1ccccc1)N1CCCCC1c1ncc(-c2ccccc2)[nH]1. The van der Waals surface area contributed by atoms with Crippen LogP contribution in [0.1, 0.15) is 43.1 Å². The minimum absolute atomic E-state index is 0.0551. The molecule has 1 amide bonds. The van der Waals surface area contributed by atoms with Gasteiger partial charge in [-0.3, -0.25) is 4.79 Å². The Labute approximate surface area is 160 Å². The van der Waals surface area contributed by atoms with Gasteiger partial charge in [-0.15, -0.1) is 0 Å². The molecule has 138 valence electrons. The van der Waals surface area contributed by atoms with Crippen LogP contribution in [0.3, 0.4) is 0 Å². The smallest absolute Gasteiger partial charge is 0.223 e. The lowest BCUT2D eigenvalue weighted by atomic mass is 10.00. The number of piperidine rings is 1. The Kier molecular flexibility index (Phi) is 5.33. The normalized spacial score (nSPS) is 17.0. The van der Waals surface area contributed by atoms with E-state index in [2.05, 4.69) is 34.2 Å². The quantitative estimate of drug-likeness (QED) is 0.714. The second-order valence-corrected chi connectivity index (χ2v) is 7.13. The molecule has 4 rings (SSSR count). The number of aromatic nitrogens is 2. The van der Waals surface area contributed by atoms with Gasteiger partial charge in [-0.25, -0.2) is 4.98 Å². The summed E-state index contributed by atoms with van der Waals surface area (Å²) in [5.41, 5.74) is 3.34. The Hall–Kier alpha value is -2.88. The van der Waals surface area contributed by atoms with Crippen LogP contribution in [0.2, 0.25) is 0 Å². The van der Waals surface area contributed by atoms with Gasteiger partial charge in [-0.1, -0.05) is 60.7 Å². The third kappa shape index (κ3) is 4.11. The fourth-order valence-corrected chi connectivity index (χ4v) is 3.82. The molecule has 1 aromatic heterocycles. The highest BCUT2D eigenvalue weighted by molar-refractivity contribution is 5.77. The van der Waals surface area contributed by atoms with E-state index in [9.17, 15) is 4.79 Å². The fourth-order valence-electron chi connectivity index (χ4n) is 3.82. The van der Waals surface area contributed by atoms with Gasteiger partial charge in [0.25, 0.3) is 0 Å². The Bertz CT molecular complexity index is 873. The molecule has 2 aromatic carbocycles. The largest absolute Gasteiger partial charge is 0.340 e. The third-order valence-corrected chi connectivity index (χ3v) is 5.29. The van der Waals surface area contributed by atoms with Crippen LogP contribution >= 0.6 is 0 Å². The summed E-state index contributed by atoms with van der Waals surface area (Å²) in [6.07, 6.45) is 6.39. The first-order valence-electron chi connectivity index (χ1n) is 9.75. The van der Waals surface area contributed by atoms with Gasteiger partial charge in [0.15, 0.2) is 0 Å². The van der Waals surface area contributed by atoms with E-state index in [0.29, 0.717) is 6.42 Å². The lowest BCUT2D eigenvalue weighted by molar-refractivity contribution is -0.135. The molecule has 1 saturated heterocycles. The van der Waals surface area contributed by atoms with E-state index in [0.717, 1.165) is 49.3 Å². The first kappa shape index (κ1) is 17.5. The molecule has 3 aromatic rings. The first-order chi connectivity index (χ1) is 13.3. The number of imidazole rings is 1. The molecule has 4 nitrogen and oxygen atoms in total. The Morgan fingerprint density at radius 3 is 2.56 bits per heavy atom. The number of carbonyl (C=O) groups is 1. The second-order valence-electron chi connectivity index (χ2n) is 7.13. The lowest BCUT2D eigenvalue weighted by Gasteiger charge is -2.34. The van der Waals surface area contributed by atoms with Crippen LogP contribution < -0.4 is 0 Å². The van der Waals surface area contributed by atoms with Crippen molar-refractivity contribution in [1.29, 1.82) is 0 Å². The van der Waals surface area contributed by atoms with Gasteiger partial charge in [0, 0.05) is 13.0 Å². The van der Waals surface area contributed by atoms with Crippen LogP contribution in [0, 0.1) is 0 Å². The van der Waals surface area contributed by atoms with Gasteiger partial charge in [-0.05, 0) is 36.8 Å². The van der Waals surface area contributed by atoms with Gasteiger partial charge in [0.1, 0.15) is 5.82 Å². The van der Waals surface area contributed by atoms with E-state index in [4.69, 9.17) is 0 Å². The number of H-pyrrole nitrogens is 1. The zero-order valence-corrected chi connectivity index (χ0v) is 15.5. The molecule has 1 aliphatic rings. The van der Waals surface area contributed by atoms with E-state index in [-0.39, 0.29) is 11.9 Å². The summed E-state index contributed by atoms with van der Waals surface area (Å²) in [7, 11) is 0. The molecule has 2 heterocycles. The summed E-state index contributed by atoms with van der Waals surface area (Å²) in [5.74, 6) is 1.13. The van der Waals surface area contributed by atoms with Crippen LogP contribution in [-0.4, -0.2) is 27.3 Å². The summed E-state index contributed by atoms with van der Waals surface area (Å²) in [6, 6.07) is 20.5. The van der Waals surface area contributed by atoms with Crippen LogP contribution in [0.5, 0.6) is 0 Å². The molecule has 0 aliphatic carbocycles. The molecule has 27 heavy (non-hydrogen) atoms. The summed E-state index contributed by atoms with van der Waals surface area (Å²) in [5, 5.41) is 0. The van der Waals surface area contributed by atoms with Crippen LogP contribution in [0.4, 0.5) is 0 Å². The summed E-state index contributed by atoms with van der Waals surface area (Å²) >= 11 is 0. The minimum Gasteiger partial charge on any atom is -0.340 e. The highest BCUT2D eigenvalue weighted by atomic mass is 16.2. The van der Waals surface area contributed by atoms with Crippen LogP contribution in [0.15, 0.2) is 66.9 Å². The van der Waals surface area contributed by atoms with Crippen molar-refractivity contribution in [1.82, 2.24) is 14.9 Å². The number of nitrogens with zero attached hydrogens (tertiary/aromatic N) is 2. The summed E-state index contributed by atoms with van der Waals surface area (Å²) in [6.45, 7) is 0.819. The van der Waals surface area contributed by atoms with Crippen molar-refractivity contribution >= 4 is 5.91 Å². The molecule has 0 saturated carbocycles. The molecule has 0 spiro atoms. The van der Waals surface area contributed by atoms with Crippen LogP contribution in [-0.2, 0) is 11.2 Å². The average Bonchev–Trinajstić information content (AvgIpc) is 3.23. The number of hydrogen-bond acceptors (Lipinski definition) is 2. The third-order valence-electron chi connectivity index (χ3n) is 5.29. The van der Waals surface area contributed by atoms with Crippen molar-refractivity contribution in [3.05, 3.63) is 78.2 Å². The van der Waals surface area contributed by atoms with Gasteiger partial charge >= 0.3 is 0 Å². The van der Waals surface area contributed by atoms with Gasteiger partial charge in [-0.2, -0.15) is 0 Å². The highest BCUT2D eigenvalue weighted by Gasteiger charge is 2.29. The van der Waals surface area contributed by atoms with Crippen molar-refractivity contribution in [2.45, 2.75) is 38.1 Å². The maximum absolute atomic E-state index is 12.9. The molecular weight excluding hydrogens is 334 g/mol. The Balaban J connectivity index is 1.47. The summed E-state index contributed by atoms with van der Waals surface area (Å²) in [4.78, 5) is 23.0. The maximum Gasteiger partial charge on any atom is 0.223 e. The number of nitrogens with one attached hydrogen (secondary N) is 1. The fraction of sp³-hybridized carbons (Fsp3) is 0.304. The summed E-state index contributed by atoms with van der Waals surface area (Å²) < 4.78 is 0. The van der Waals surface area contributed by atoms with Crippen molar-refractivity contribution < 1.29 is 4.79 Å². The van der Waals surface area contributed by atoms with E-state index >= 15 is 0 Å². The Morgan fingerprint density at radius 2 is 1.78 bits per heavy atom. The van der Waals surface area contributed by atoms with E-state index in [1.807, 2.05) is 47.5 Å². The van der Waals surface area contributed by atoms with Crippen molar-refractivity contribution in [3.8, 4) is 11.3 Å². The number of rotatable bonds is 5. The molecule has 4 heteroatoms. The number of likely N-dealkylation sites (tertiary alicyclic amines) is 1. The first-order valence-corrected chi connectivity index (χ1v) is 9.75. The molecule has 0 bridgehead atoms.